The Bertz CT molecular complexity index is 924. The van der Waals surface area contributed by atoms with Crippen LogP contribution in [-0.2, 0) is 15.0 Å². The molecule has 2 rings (SSSR count). The lowest BCUT2D eigenvalue weighted by atomic mass is 9.98. The number of thiazole rings is 1. The molecule has 1 aromatic carbocycles. The molecule has 0 aliphatic heterocycles. The van der Waals surface area contributed by atoms with Gasteiger partial charge < -0.3 is 15.4 Å². The van der Waals surface area contributed by atoms with Crippen LogP contribution >= 0.6 is 35.3 Å². The van der Waals surface area contributed by atoms with Gasteiger partial charge in [-0.15, -0.1) is 11.3 Å². The molecule has 158 valence electrons. The van der Waals surface area contributed by atoms with Crippen LogP contribution in [0.5, 0.6) is 5.75 Å². The van der Waals surface area contributed by atoms with Crippen molar-refractivity contribution in [2.75, 3.05) is 18.2 Å². The predicted octanol–water partition coefficient (Wildman–Crippen LogP) is 3.04. The third-order valence-corrected chi connectivity index (χ3v) is 6.54. The Labute approximate surface area is 182 Å². The first-order valence-electron chi connectivity index (χ1n) is 8.69. The number of carbonyl (C=O) groups excluding carboxylic acids is 2. The van der Waals surface area contributed by atoms with Gasteiger partial charge in [0.25, 0.3) is 5.91 Å². The second-order valence-electron chi connectivity index (χ2n) is 7.24. The molecule has 11 heteroatoms. The molecule has 0 bridgehead atoms. The van der Waals surface area contributed by atoms with E-state index >= 15 is 0 Å². The predicted molar refractivity (Wildman–Crippen MR) is 121 cm³/mol. The van der Waals surface area contributed by atoms with Gasteiger partial charge in [-0.2, -0.15) is 0 Å². The van der Waals surface area contributed by atoms with E-state index in [-0.39, 0.29) is 17.1 Å². The van der Waals surface area contributed by atoms with Crippen molar-refractivity contribution in [3.05, 3.63) is 17.1 Å². The topological polar surface area (TPSA) is 113 Å². The Morgan fingerprint density at radius 2 is 2.07 bits per heavy atom. The highest BCUT2D eigenvalue weighted by Gasteiger charge is 2.22. The Morgan fingerprint density at radius 1 is 1.38 bits per heavy atom. The summed E-state index contributed by atoms with van der Waals surface area (Å²) in [6.07, 6.45) is 0. The molecule has 29 heavy (non-hydrogen) atoms. The zero-order valence-electron chi connectivity index (χ0n) is 16.8. The molecule has 1 atom stereocenters. The number of aromatic nitrogens is 1. The number of anilines is 1. The van der Waals surface area contributed by atoms with E-state index in [9.17, 15) is 9.59 Å². The Balaban J connectivity index is 2.16. The van der Waals surface area contributed by atoms with Gasteiger partial charge in [0.05, 0.1) is 28.0 Å². The van der Waals surface area contributed by atoms with Crippen LogP contribution < -0.4 is 20.9 Å². The highest BCUT2D eigenvalue weighted by Crippen LogP contribution is 2.37. The molecule has 8 nitrogen and oxygen atoms in total. The monoisotopic (exact) mass is 456 g/mol. The number of thiocarbonyl (C=S) groups is 1. The first-order chi connectivity index (χ1) is 13.5. The van der Waals surface area contributed by atoms with Gasteiger partial charge in [-0.05, 0) is 6.07 Å². The van der Waals surface area contributed by atoms with E-state index in [1.807, 2.05) is 12.1 Å². The van der Waals surface area contributed by atoms with E-state index in [0.717, 1.165) is 15.2 Å². The van der Waals surface area contributed by atoms with Gasteiger partial charge in [0.1, 0.15) is 16.1 Å². The number of hydroxylamine groups is 1. The number of nitrogens with zero attached hydrogens (tertiary/aromatic N) is 1. The third kappa shape index (κ3) is 6.26. The van der Waals surface area contributed by atoms with E-state index in [1.165, 1.54) is 18.7 Å². The molecule has 0 saturated carbocycles. The summed E-state index contributed by atoms with van der Waals surface area (Å²) < 4.78 is 6.86. The van der Waals surface area contributed by atoms with E-state index in [2.05, 4.69) is 31.4 Å². The number of hydrogen-bond donors (Lipinski definition) is 4. The normalized spacial score (nSPS) is 12.3. The molecular weight excluding hydrogens is 432 g/mol. The molecule has 2 aromatic rings. The number of nitrogens with one attached hydrogen (secondary N) is 3. The van der Waals surface area contributed by atoms with Crippen LogP contribution in [0.4, 0.5) is 5.69 Å². The lowest BCUT2D eigenvalue weighted by Gasteiger charge is -2.16. The molecule has 0 saturated heterocycles. The summed E-state index contributed by atoms with van der Waals surface area (Å²) >= 11 is 8.14. The van der Waals surface area contributed by atoms with Crippen LogP contribution in [0.15, 0.2) is 12.1 Å². The number of carbonyl (C=O) groups is 2. The van der Waals surface area contributed by atoms with Crippen molar-refractivity contribution in [1.29, 1.82) is 0 Å². The van der Waals surface area contributed by atoms with Gasteiger partial charge in [-0.3, -0.25) is 14.8 Å². The van der Waals surface area contributed by atoms with Crippen molar-refractivity contribution in [3.8, 4) is 5.75 Å². The standard InChI is InChI=1S/C18H24N4O4S3/c1-9(23)19-12(15(24)22-25)8-28-17(27)21-10-7-14-11(6-13(10)26-5)20-16(29-14)18(2,3)4/h6-7,12,25H,8H2,1-5H3,(H,19,23)(H,21,27)(H,22,24). The number of amides is 2. The molecule has 1 aromatic heterocycles. The largest absolute Gasteiger partial charge is 0.494 e. The molecule has 1 unspecified atom stereocenters. The quantitative estimate of drug-likeness (QED) is 0.298. The maximum absolute atomic E-state index is 11.7. The van der Waals surface area contributed by atoms with E-state index < -0.39 is 11.9 Å². The minimum absolute atomic E-state index is 0.0539. The van der Waals surface area contributed by atoms with Gasteiger partial charge in [-0.25, -0.2) is 10.5 Å². The van der Waals surface area contributed by atoms with Crippen LogP contribution in [0, 0.1) is 0 Å². The molecule has 2 amide bonds. The Morgan fingerprint density at radius 3 is 2.62 bits per heavy atom. The van der Waals surface area contributed by atoms with Crippen LogP contribution in [0.25, 0.3) is 10.2 Å². The molecule has 1 heterocycles. The molecule has 4 N–H and O–H groups in total. The smallest absolute Gasteiger partial charge is 0.266 e. The Hall–Kier alpha value is -1.95. The first kappa shape index (κ1) is 23.3. The van der Waals surface area contributed by atoms with Gasteiger partial charge in [0.2, 0.25) is 5.91 Å². The second-order valence-corrected chi connectivity index (χ2v) is 9.97. The molecule has 0 aliphatic rings. The summed E-state index contributed by atoms with van der Waals surface area (Å²) in [7, 11) is 1.57. The van der Waals surface area contributed by atoms with Gasteiger partial charge in [0, 0.05) is 24.2 Å². The van der Waals surface area contributed by atoms with Crippen LogP contribution in [0.3, 0.4) is 0 Å². The number of thioether (sulfide) groups is 1. The summed E-state index contributed by atoms with van der Waals surface area (Å²) in [4.78, 5) is 27.6. The number of rotatable bonds is 6. The van der Waals surface area contributed by atoms with Crippen molar-refractivity contribution in [3.63, 3.8) is 0 Å². The van der Waals surface area contributed by atoms with E-state index in [0.29, 0.717) is 15.8 Å². The second kappa shape index (κ2) is 9.70. The zero-order chi connectivity index (χ0) is 21.8. The summed E-state index contributed by atoms with van der Waals surface area (Å²) in [5, 5.41) is 15.4. The van der Waals surface area contributed by atoms with Crippen molar-refractivity contribution in [1.82, 2.24) is 15.8 Å². The minimum atomic E-state index is -0.914. The van der Waals surface area contributed by atoms with Crippen LogP contribution in [0.1, 0.15) is 32.7 Å². The van der Waals surface area contributed by atoms with Crippen molar-refractivity contribution < 1.29 is 19.5 Å². The van der Waals surface area contributed by atoms with Gasteiger partial charge in [-0.1, -0.05) is 44.8 Å². The van der Waals surface area contributed by atoms with Crippen LogP contribution in [0.2, 0.25) is 0 Å². The average Bonchev–Trinajstić information content (AvgIpc) is 3.06. The van der Waals surface area contributed by atoms with E-state index in [4.69, 9.17) is 27.1 Å². The fourth-order valence-corrected chi connectivity index (χ4v) is 4.45. The highest BCUT2D eigenvalue weighted by molar-refractivity contribution is 8.23. The lowest BCUT2D eigenvalue weighted by Crippen LogP contribution is -2.47. The van der Waals surface area contributed by atoms with Crippen molar-refractivity contribution in [2.24, 2.45) is 0 Å². The maximum atomic E-state index is 11.7. The fraction of sp³-hybridized carbons (Fsp3) is 0.444. The number of hydrogen-bond acceptors (Lipinski definition) is 8. The lowest BCUT2D eigenvalue weighted by molar-refractivity contribution is -0.133. The van der Waals surface area contributed by atoms with Gasteiger partial charge in [0.15, 0.2) is 0 Å². The van der Waals surface area contributed by atoms with E-state index in [1.54, 1.807) is 23.9 Å². The third-order valence-electron chi connectivity index (χ3n) is 3.77. The van der Waals surface area contributed by atoms with Gasteiger partial charge >= 0.3 is 0 Å². The minimum Gasteiger partial charge on any atom is -0.494 e. The van der Waals surface area contributed by atoms with Crippen molar-refractivity contribution >= 4 is 67.4 Å². The molecular formula is C18H24N4O4S3. The SMILES string of the molecule is COc1cc2nc(C(C)(C)C)sc2cc1NC(=S)SCC(NC(C)=O)C(=O)NO. The summed E-state index contributed by atoms with van der Waals surface area (Å²) in [6, 6.07) is 2.87. The van der Waals surface area contributed by atoms with Crippen molar-refractivity contribution in [2.45, 2.75) is 39.2 Å². The number of ether oxygens (including phenoxy) is 1. The molecule has 0 fully saturated rings. The number of fused-ring (bicyclic) bond motifs is 1. The average molecular weight is 457 g/mol. The Kier molecular flexibility index (Phi) is 7.80. The first-order valence-corrected chi connectivity index (χ1v) is 10.9. The van der Waals surface area contributed by atoms with Crippen LogP contribution in [-0.4, -0.2) is 45.2 Å². The fourth-order valence-electron chi connectivity index (χ4n) is 2.35. The zero-order valence-corrected chi connectivity index (χ0v) is 19.2. The molecule has 0 radical (unpaired) electrons. The molecule has 0 spiro atoms. The summed E-state index contributed by atoms with van der Waals surface area (Å²) in [5.41, 5.74) is 3.02. The number of methoxy groups -OCH3 is 1. The summed E-state index contributed by atoms with van der Waals surface area (Å²) in [5.74, 6) is -0.353. The highest BCUT2D eigenvalue weighted by atomic mass is 32.2. The summed E-state index contributed by atoms with van der Waals surface area (Å²) in [6.45, 7) is 7.63. The number of benzene rings is 1. The maximum Gasteiger partial charge on any atom is 0.266 e. The molecule has 0 aliphatic carbocycles.